The predicted octanol–water partition coefficient (Wildman–Crippen LogP) is 5.02. The summed E-state index contributed by atoms with van der Waals surface area (Å²) in [6.07, 6.45) is 0. The first-order chi connectivity index (χ1) is 14.5. The van der Waals surface area contributed by atoms with E-state index in [1.54, 1.807) is 11.3 Å². The van der Waals surface area contributed by atoms with E-state index in [2.05, 4.69) is 29.6 Å². The predicted molar refractivity (Wildman–Crippen MR) is 124 cm³/mol. The molecule has 0 unspecified atom stereocenters. The van der Waals surface area contributed by atoms with Crippen LogP contribution < -0.4 is 10.2 Å². The zero-order valence-electron chi connectivity index (χ0n) is 17.0. The van der Waals surface area contributed by atoms with Crippen molar-refractivity contribution in [3.8, 4) is 0 Å². The van der Waals surface area contributed by atoms with Gasteiger partial charge in [-0.15, -0.1) is 23.1 Å². The Morgan fingerprint density at radius 1 is 1.10 bits per heavy atom. The van der Waals surface area contributed by atoms with Gasteiger partial charge in [-0.05, 0) is 36.1 Å². The van der Waals surface area contributed by atoms with Crippen LogP contribution in [0.1, 0.15) is 22.9 Å². The fraction of sp³-hybridized carbons (Fsp3) is 0.250. The van der Waals surface area contributed by atoms with Gasteiger partial charge in [0.1, 0.15) is 5.25 Å². The van der Waals surface area contributed by atoms with Gasteiger partial charge >= 0.3 is 0 Å². The van der Waals surface area contributed by atoms with Crippen molar-refractivity contribution in [1.82, 2.24) is 5.32 Å². The Kier molecular flexibility index (Phi) is 6.25. The minimum absolute atomic E-state index is 0.0157. The van der Waals surface area contributed by atoms with E-state index in [0.717, 1.165) is 21.0 Å². The summed E-state index contributed by atoms with van der Waals surface area (Å²) < 4.78 is 0. The van der Waals surface area contributed by atoms with Crippen LogP contribution in [-0.2, 0) is 22.7 Å². The Morgan fingerprint density at radius 3 is 2.60 bits per heavy atom. The Labute approximate surface area is 185 Å². The van der Waals surface area contributed by atoms with Gasteiger partial charge in [0.25, 0.3) is 0 Å². The first kappa shape index (κ1) is 20.7. The lowest BCUT2D eigenvalue weighted by Gasteiger charge is -2.35. The second-order valence-corrected chi connectivity index (χ2v) is 9.72. The third kappa shape index (κ3) is 4.45. The lowest BCUT2D eigenvalue weighted by atomic mass is 10.0. The van der Waals surface area contributed by atoms with E-state index in [4.69, 9.17) is 0 Å². The smallest absolute Gasteiger partial charge is 0.241 e. The summed E-state index contributed by atoms with van der Waals surface area (Å²) in [5, 5.41) is 4.53. The lowest BCUT2D eigenvalue weighted by molar-refractivity contribution is -0.128. The van der Waals surface area contributed by atoms with Crippen LogP contribution in [0.25, 0.3) is 0 Å². The summed E-state index contributed by atoms with van der Waals surface area (Å²) in [4.78, 5) is 30.2. The van der Waals surface area contributed by atoms with Gasteiger partial charge < -0.3 is 10.2 Å². The average molecular weight is 437 g/mol. The third-order valence-corrected chi connectivity index (χ3v) is 7.60. The van der Waals surface area contributed by atoms with E-state index in [-0.39, 0.29) is 11.8 Å². The summed E-state index contributed by atoms with van der Waals surface area (Å²) in [5.74, 6) is -0.543. The zero-order valence-corrected chi connectivity index (χ0v) is 18.6. The normalized spacial score (nSPS) is 16.8. The molecule has 0 saturated carbocycles. The molecule has 0 fully saturated rings. The Morgan fingerprint density at radius 2 is 1.87 bits per heavy atom. The van der Waals surface area contributed by atoms with E-state index >= 15 is 0 Å². The minimum Gasteiger partial charge on any atom is -0.351 e. The molecule has 1 N–H and O–H groups in total. The molecule has 0 aliphatic carbocycles. The van der Waals surface area contributed by atoms with E-state index in [0.29, 0.717) is 13.1 Å². The van der Waals surface area contributed by atoms with Crippen LogP contribution in [0.15, 0.2) is 70.9 Å². The van der Waals surface area contributed by atoms with E-state index in [1.165, 1.54) is 17.3 Å². The summed E-state index contributed by atoms with van der Waals surface area (Å²) in [6, 6.07) is 20.1. The number of benzene rings is 2. The number of anilines is 1. The highest BCUT2D eigenvalue weighted by Crippen LogP contribution is 2.42. The van der Waals surface area contributed by atoms with Crippen LogP contribution in [0.4, 0.5) is 5.69 Å². The molecule has 4 rings (SSSR count). The molecule has 0 spiro atoms. The van der Waals surface area contributed by atoms with E-state index in [9.17, 15) is 9.59 Å². The minimum atomic E-state index is -0.450. The largest absolute Gasteiger partial charge is 0.351 e. The Balaban J connectivity index is 1.54. The molecule has 4 nitrogen and oxygen atoms in total. The highest BCUT2D eigenvalue weighted by atomic mass is 32.2. The number of amides is 2. The van der Waals surface area contributed by atoms with Crippen LogP contribution in [0.5, 0.6) is 0 Å². The van der Waals surface area contributed by atoms with Gasteiger partial charge in [0, 0.05) is 9.77 Å². The van der Waals surface area contributed by atoms with Gasteiger partial charge in [-0.2, -0.15) is 0 Å². The first-order valence-corrected chi connectivity index (χ1v) is 11.7. The molecular formula is C24H24N2O2S2. The summed E-state index contributed by atoms with van der Waals surface area (Å²) in [7, 11) is 0. The molecule has 2 heterocycles. The molecule has 0 saturated heterocycles. The summed E-state index contributed by atoms with van der Waals surface area (Å²) >= 11 is 3.10. The maximum Gasteiger partial charge on any atom is 0.241 e. The topological polar surface area (TPSA) is 49.4 Å². The van der Waals surface area contributed by atoms with Gasteiger partial charge in [0.2, 0.25) is 11.8 Å². The average Bonchev–Trinajstić information content (AvgIpc) is 3.28. The van der Waals surface area contributed by atoms with Gasteiger partial charge in [0.05, 0.1) is 24.7 Å². The number of hydrogen-bond acceptors (Lipinski definition) is 4. The van der Waals surface area contributed by atoms with Gasteiger partial charge in [-0.3, -0.25) is 9.59 Å². The van der Waals surface area contributed by atoms with Crippen molar-refractivity contribution in [3.63, 3.8) is 0 Å². The molecule has 0 bridgehead atoms. The molecule has 1 aliphatic rings. The van der Waals surface area contributed by atoms with Crippen LogP contribution >= 0.6 is 23.1 Å². The number of aryl methyl sites for hydroxylation is 1. The van der Waals surface area contributed by atoms with Crippen molar-refractivity contribution in [2.45, 2.75) is 37.1 Å². The summed E-state index contributed by atoms with van der Waals surface area (Å²) in [6.45, 7) is 4.89. The highest BCUT2D eigenvalue weighted by Gasteiger charge is 2.39. The first-order valence-electron chi connectivity index (χ1n) is 9.95. The number of fused-ring (bicyclic) bond motifs is 1. The van der Waals surface area contributed by atoms with E-state index in [1.807, 2.05) is 60.5 Å². The number of carbonyl (C=O) groups is 2. The van der Waals surface area contributed by atoms with Crippen LogP contribution in [0.3, 0.4) is 0 Å². The molecule has 2 amide bonds. The number of thioether (sulfide) groups is 1. The zero-order chi connectivity index (χ0) is 21.1. The number of rotatable bonds is 6. The van der Waals surface area contributed by atoms with Crippen molar-refractivity contribution in [2.24, 2.45) is 5.92 Å². The highest BCUT2D eigenvalue weighted by molar-refractivity contribution is 8.01. The quantitative estimate of drug-likeness (QED) is 0.590. The molecule has 6 heteroatoms. The van der Waals surface area contributed by atoms with Gasteiger partial charge in [0.15, 0.2) is 0 Å². The molecular weight excluding hydrogens is 412 g/mol. The van der Waals surface area contributed by atoms with Crippen molar-refractivity contribution in [3.05, 3.63) is 82.0 Å². The van der Waals surface area contributed by atoms with Crippen molar-refractivity contribution in [2.75, 3.05) is 4.90 Å². The summed E-state index contributed by atoms with van der Waals surface area (Å²) in [5.41, 5.74) is 3.17. The number of hydrogen-bond donors (Lipinski definition) is 1. The monoisotopic (exact) mass is 436 g/mol. The second-order valence-electron chi connectivity index (χ2n) is 7.50. The number of carbonyl (C=O) groups excluding carboxylic acids is 2. The SMILES string of the molecule is Cc1ccc(CN2C(=O)[C@H]([C@@H](C)C(=O)NCc3cccs3)Sc3ccccc32)cc1. The standard InChI is InChI=1S/C24H24N2O2S2/c1-16-9-11-18(12-10-16)15-26-20-7-3-4-8-21(20)30-22(24(26)28)17(2)23(27)25-14-19-6-5-13-29-19/h3-13,17,22H,14-15H2,1-2H3,(H,25,27)/t17-,22+/m1/s1. The third-order valence-electron chi connectivity index (χ3n) is 5.27. The molecule has 1 aliphatic heterocycles. The van der Waals surface area contributed by atoms with E-state index < -0.39 is 11.2 Å². The molecule has 0 radical (unpaired) electrons. The Bertz CT molecular complexity index is 1030. The van der Waals surface area contributed by atoms with Crippen molar-refractivity contribution >= 4 is 40.6 Å². The second kappa shape index (κ2) is 9.06. The van der Waals surface area contributed by atoms with Crippen molar-refractivity contribution in [1.29, 1.82) is 0 Å². The van der Waals surface area contributed by atoms with Crippen molar-refractivity contribution < 1.29 is 9.59 Å². The van der Waals surface area contributed by atoms with Crippen LogP contribution in [0.2, 0.25) is 0 Å². The molecule has 3 aromatic rings. The molecule has 30 heavy (non-hydrogen) atoms. The van der Waals surface area contributed by atoms with Gasteiger partial charge in [-0.25, -0.2) is 0 Å². The molecule has 2 aromatic carbocycles. The van der Waals surface area contributed by atoms with Crippen LogP contribution in [-0.4, -0.2) is 17.1 Å². The van der Waals surface area contributed by atoms with Crippen LogP contribution in [0, 0.1) is 12.8 Å². The molecule has 2 atom stereocenters. The number of nitrogens with zero attached hydrogens (tertiary/aromatic N) is 1. The maximum absolute atomic E-state index is 13.5. The number of para-hydroxylation sites is 1. The molecule has 1 aromatic heterocycles. The van der Waals surface area contributed by atoms with Gasteiger partial charge in [-0.1, -0.05) is 55.0 Å². The fourth-order valence-electron chi connectivity index (χ4n) is 3.48. The fourth-order valence-corrected chi connectivity index (χ4v) is 5.41. The molecule has 154 valence electrons. The lowest BCUT2D eigenvalue weighted by Crippen LogP contribution is -2.47. The maximum atomic E-state index is 13.5. The number of nitrogens with one attached hydrogen (secondary N) is 1. The number of thiophene rings is 1. The Hall–Kier alpha value is -2.57.